The van der Waals surface area contributed by atoms with Gasteiger partial charge < -0.3 is 10.0 Å². The Kier molecular flexibility index (Phi) is 5.33. The summed E-state index contributed by atoms with van der Waals surface area (Å²) < 4.78 is 0. The number of aliphatic hydroxyl groups excluding tert-OH is 1. The van der Waals surface area contributed by atoms with Gasteiger partial charge in [-0.3, -0.25) is 4.79 Å². The molecule has 3 nitrogen and oxygen atoms in total. The van der Waals surface area contributed by atoms with Gasteiger partial charge in [-0.1, -0.05) is 75.4 Å². The molecule has 0 aromatic heterocycles. The molecule has 0 saturated heterocycles. The summed E-state index contributed by atoms with van der Waals surface area (Å²) in [5, 5.41) is 11.8. The SMILES string of the molecule is CN(Cc1ccc(C(C)(C)C)c(CO)c1)C(=O)c1cccc2ccccc12. The van der Waals surface area contributed by atoms with Crippen LogP contribution in [0.1, 0.15) is 47.8 Å². The maximum atomic E-state index is 13.0. The molecule has 3 aromatic rings. The minimum absolute atomic E-state index is 0.00142. The van der Waals surface area contributed by atoms with E-state index in [1.807, 2.05) is 61.6 Å². The Morgan fingerprint density at radius 3 is 2.41 bits per heavy atom. The number of benzene rings is 3. The van der Waals surface area contributed by atoms with E-state index in [4.69, 9.17) is 0 Å². The number of rotatable bonds is 4. The number of carbonyl (C=O) groups is 1. The van der Waals surface area contributed by atoms with E-state index < -0.39 is 0 Å². The second-order valence-corrected chi connectivity index (χ2v) is 8.09. The first-order valence-corrected chi connectivity index (χ1v) is 9.27. The van der Waals surface area contributed by atoms with Gasteiger partial charge in [0.25, 0.3) is 5.91 Å². The molecule has 140 valence electrons. The molecule has 0 fully saturated rings. The Bertz CT molecular complexity index is 964. The van der Waals surface area contributed by atoms with E-state index in [-0.39, 0.29) is 17.9 Å². The van der Waals surface area contributed by atoms with Crippen LogP contribution in [0.4, 0.5) is 0 Å². The molecule has 0 heterocycles. The summed E-state index contributed by atoms with van der Waals surface area (Å²) >= 11 is 0. The van der Waals surface area contributed by atoms with Crippen molar-refractivity contribution < 1.29 is 9.90 Å². The summed E-state index contributed by atoms with van der Waals surface area (Å²) in [7, 11) is 1.82. The molecular formula is C24H27NO2. The maximum Gasteiger partial charge on any atom is 0.254 e. The highest BCUT2D eigenvalue weighted by Gasteiger charge is 2.19. The van der Waals surface area contributed by atoms with E-state index in [9.17, 15) is 9.90 Å². The lowest BCUT2D eigenvalue weighted by atomic mass is 9.83. The van der Waals surface area contributed by atoms with Crippen molar-refractivity contribution in [1.29, 1.82) is 0 Å². The van der Waals surface area contributed by atoms with Crippen molar-refractivity contribution in [3.05, 3.63) is 82.9 Å². The third kappa shape index (κ3) is 4.04. The van der Waals surface area contributed by atoms with Gasteiger partial charge >= 0.3 is 0 Å². The highest BCUT2D eigenvalue weighted by Crippen LogP contribution is 2.27. The topological polar surface area (TPSA) is 40.5 Å². The Labute approximate surface area is 161 Å². The zero-order chi connectivity index (χ0) is 19.6. The largest absolute Gasteiger partial charge is 0.392 e. The fourth-order valence-corrected chi connectivity index (χ4v) is 3.57. The minimum Gasteiger partial charge on any atom is -0.392 e. The van der Waals surface area contributed by atoms with Crippen LogP contribution in [0.2, 0.25) is 0 Å². The number of amides is 1. The molecule has 0 aliphatic carbocycles. The lowest BCUT2D eigenvalue weighted by Crippen LogP contribution is -2.26. The highest BCUT2D eigenvalue weighted by molar-refractivity contribution is 6.06. The average molecular weight is 361 g/mol. The van der Waals surface area contributed by atoms with E-state index in [0.29, 0.717) is 12.1 Å². The summed E-state index contributed by atoms with van der Waals surface area (Å²) in [5.41, 5.74) is 3.76. The fraction of sp³-hybridized carbons (Fsp3) is 0.292. The van der Waals surface area contributed by atoms with Gasteiger partial charge in [-0.2, -0.15) is 0 Å². The molecule has 1 N–H and O–H groups in total. The van der Waals surface area contributed by atoms with Crippen LogP contribution >= 0.6 is 0 Å². The summed E-state index contributed by atoms with van der Waals surface area (Å²) in [6.45, 7) is 6.91. The van der Waals surface area contributed by atoms with E-state index >= 15 is 0 Å². The minimum atomic E-state index is -0.0265. The first kappa shape index (κ1) is 19.1. The van der Waals surface area contributed by atoms with Crippen molar-refractivity contribution in [2.75, 3.05) is 7.05 Å². The molecule has 0 aliphatic heterocycles. The lowest BCUT2D eigenvalue weighted by molar-refractivity contribution is 0.0787. The van der Waals surface area contributed by atoms with Crippen LogP contribution in [0.25, 0.3) is 10.8 Å². The molecule has 0 saturated carbocycles. The quantitative estimate of drug-likeness (QED) is 0.718. The average Bonchev–Trinajstić information content (AvgIpc) is 2.65. The van der Waals surface area contributed by atoms with Crippen molar-refractivity contribution in [2.45, 2.75) is 39.3 Å². The van der Waals surface area contributed by atoms with Crippen LogP contribution < -0.4 is 0 Å². The number of carbonyl (C=O) groups excluding carboxylic acids is 1. The van der Waals surface area contributed by atoms with Gasteiger partial charge in [0, 0.05) is 19.2 Å². The predicted octanol–water partition coefficient (Wildman–Crippen LogP) is 4.90. The van der Waals surface area contributed by atoms with Crippen molar-refractivity contribution in [3.8, 4) is 0 Å². The van der Waals surface area contributed by atoms with Crippen LogP contribution in [-0.2, 0) is 18.6 Å². The van der Waals surface area contributed by atoms with Gasteiger partial charge in [0.1, 0.15) is 0 Å². The summed E-state index contributed by atoms with van der Waals surface area (Å²) in [6, 6.07) is 19.9. The molecule has 0 spiro atoms. The zero-order valence-corrected chi connectivity index (χ0v) is 16.5. The number of hydrogen-bond acceptors (Lipinski definition) is 2. The van der Waals surface area contributed by atoms with Crippen LogP contribution in [-0.4, -0.2) is 23.0 Å². The van der Waals surface area contributed by atoms with Crippen LogP contribution in [0, 0.1) is 0 Å². The Morgan fingerprint density at radius 1 is 1.00 bits per heavy atom. The van der Waals surface area contributed by atoms with Gasteiger partial charge in [0.2, 0.25) is 0 Å². The molecule has 0 atom stereocenters. The second-order valence-electron chi connectivity index (χ2n) is 8.09. The third-order valence-corrected chi connectivity index (χ3v) is 4.93. The molecule has 0 bridgehead atoms. The Hall–Kier alpha value is -2.65. The van der Waals surface area contributed by atoms with E-state index in [0.717, 1.165) is 27.5 Å². The van der Waals surface area contributed by atoms with Crippen molar-refractivity contribution in [2.24, 2.45) is 0 Å². The number of hydrogen-bond donors (Lipinski definition) is 1. The molecule has 27 heavy (non-hydrogen) atoms. The fourth-order valence-electron chi connectivity index (χ4n) is 3.57. The number of fused-ring (bicyclic) bond motifs is 1. The van der Waals surface area contributed by atoms with Crippen molar-refractivity contribution >= 4 is 16.7 Å². The molecule has 3 aromatic carbocycles. The standard InChI is InChI=1S/C24H27NO2/c1-24(2,3)22-13-12-17(14-19(22)16-26)15-25(4)23(27)21-11-7-9-18-8-5-6-10-20(18)21/h5-14,26H,15-16H2,1-4H3. The molecule has 0 aliphatic rings. The molecule has 0 radical (unpaired) electrons. The smallest absolute Gasteiger partial charge is 0.254 e. The van der Waals surface area contributed by atoms with Crippen LogP contribution in [0.15, 0.2) is 60.7 Å². The Morgan fingerprint density at radius 2 is 1.70 bits per heavy atom. The van der Waals surface area contributed by atoms with Crippen molar-refractivity contribution in [1.82, 2.24) is 4.90 Å². The molecular weight excluding hydrogens is 334 g/mol. The Balaban J connectivity index is 1.86. The molecule has 3 heteroatoms. The van der Waals surface area contributed by atoms with E-state index in [2.05, 4.69) is 26.8 Å². The normalized spacial score (nSPS) is 11.6. The summed E-state index contributed by atoms with van der Waals surface area (Å²) in [4.78, 5) is 14.8. The zero-order valence-electron chi connectivity index (χ0n) is 16.5. The number of nitrogens with zero attached hydrogens (tertiary/aromatic N) is 1. The third-order valence-electron chi connectivity index (χ3n) is 4.93. The van der Waals surface area contributed by atoms with E-state index in [1.165, 1.54) is 0 Å². The van der Waals surface area contributed by atoms with Gasteiger partial charge in [0.05, 0.1) is 6.61 Å². The summed E-state index contributed by atoms with van der Waals surface area (Å²) in [6.07, 6.45) is 0. The second kappa shape index (κ2) is 7.53. The number of aliphatic hydroxyl groups is 1. The van der Waals surface area contributed by atoms with Crippen LogP contribution in [0.5, 0.6) is 0 Å². The van der Waals surface area contributed by atoms with Gasteiger partial charge in [-0.25, -0.2) is 0 Å². The maximum absolute atomic E-state index is 13.0. The highest BCUT2D eigenvalue weighted by atomic mass is 16.3. The molecule has 3 rings (SSSR count). The van der Waals surface area contributed by atoms with Crippen LogP contribution in [0.3, 0.4) is 0 Å². The van der Waals surface area contributed by atoms with Gasteiger partial charge in [-0.15, -0.1) is 0 Å². The first-order chi connectivity index (χ1) is 12.8. The van der Waals surface area contributed by atoms with E-state index in [1.54, 1.807) is 4.90 Å². The van der Waals surface area contributed by atoms with Gasteiger partial charge in [-0.05, 0) is 38.9 Å². The first-order valence-electron chi connectivity index (χ1n) is 9.27. The predicted molar refractivity (Wildman–Crippen MR) is 111 cm³/mol. The summed E-state index contributed by atoms with van der Waals surface area (Å²) in [5.74, 6) is -0.00255. The van der Waals surface area contributed by atoms with Crippen molar-refractivity contribution in [3.63, 3.8) is 0 Å². The van der Waals surface area contributed by atoms with Gasteiger partial charge in [0.15, 0.2) is 0 Å². The lowest BCUT2D eigenvalue weighted by Gasteiger charge is -2.24. The molecule has 1 amide bonds. The molecule has 0 unspecified atom stereocenters. The monoisotopic (exact) mass is 361 g/mol.